The zero-order valence-corrected chi connectivity index (χ0v) is 11.1. The van der Waals surface area contributed by atoms with Crippen molar-refractivity contribution in [2.45, 2.75) is 19.1 Å². The summed E-state index contributed by atoms with van der Waals surface area (Å²) in [5, 5.41) is 20.4. The second kappa shape index (κ2) is 7.30. The lowest BCUT2D eigenvalue weighted by Crippen LogP contribution is -2.47. The molecule has 0 aliphatic carbocycles. The summed E-state index contributed by atoms with van der Waals surface area (Å²) in [6.07, 6.45) is 0.410. The van der Waals surface area contributed by atoms with E-state index in [2.05, 4.69) is 11.9 Å². The van der Waals surface area contributed by atoms with E-state index < -0.39 is 24.0 Å². The van der Waals surface area contributed by atoms with Crippen LogP contribution >= 0.6 is 0 Å². The van der Waals surface area contributed by atoms with Crippen LogP contribution in [0.25, 0.3) is 0 Å². The number of carboxylic acid groups (broad SMARTS) is 1. The highest BCUT2D eigenvalue weighted by molar-refractivity contribution is 5.96. The van der Waals surface area contributed by atoms with Gasteiger partial charge in [0.25, 0.3) is 5.91 Å². The number of carbonyl (C=O) groups is 2. The normalized spacial score (nSPS) is 13.1. The van der Waals surface area contributed by atoms with Crippen molar-refractivity contribution in [2.75, 3.05) is 6.61 Å². The number of ether oxygens (including phenoxy) is 1. The molecule has 1 aromatic carbocycles. The molecule has 20 heavy (non-hydrogen) atoms. The first-order chi connectivity index (χ1) is 9.45. The Hall–Kier alpha value is -2.34. The number of aliphatic hydroxyl groups is 1. The highest BCUT2D eigenvalue weighted by Gasteiger charge is 2.25. The largest absolute Gasteiger partial charge is 0.490 e. The molecule has 0 aliphatic heterocycles. The number of aliphatic hydroxyl groups excluding tert-OH is 1. The van der Waals surface area contributed by atoms with Crippen LogP contribution in [0.1, 0.15) is 17.3 Å². The SMILES string of the molecule is C=CCOc1ccc(C(=O)N[C@H](C(=O)O)[C@@H](C)O)cc1. The maximum Gasteiger partial charge on any atom is 0.328 e. The Morgan fingerprint density at radius 1 is 1.40 bits per heavy atom. The van der Waals surface area contributed by atoms with Gasteiger partial charge in [-0.15, -0.1) is 0 Å². The predicted octanol–water partition coefficient (Wildman–Crippen LogP) is 0.815. The van der Waals surface area contributed by atoms with Crippen LogP contribution in [0.4, 0.5) is 0 Å². The average Bonchev–Trinajstić information content (AvgIpc) is 2.42. The lowest BCUT2D eigenvalue weighted by Gasteiger charge is -2.17. The fraction of sp³-hybridized carbons (Fsp3) is 0.286. The summed E-state index contributed by atoms with van der Waals surface area (Å²) in [6, 6.07) is 4.86. The number of hydrogen-bond donors (Lipinski definition) is 3. The minimum absolute atomic E-state index is 0.280. The first-order valence-corrected chi connectivity index (χ1v) is 6.01. The van der Waals surface area contributed by atoms with Gasteiger partial charge in [0.05, 0.1) is 6.10 Å². The second-order valence-corrected chi connectivity index (χ2v) is 4.15. The number of amides is 1. The molecule has 1 aromatic rings. The summed E-state index contributed by atoms with van der Waals surface area (Å²) in [4.78, 5) is 22.7. The van der Waals surface area contributed by atoms with Crippen molar-refractivity contribution in [1.82, 2.24) is 5.32 Å². The third-order valence-corrected chi connectivity index (χ3v) is 2.52. The first-order valence-electron chi connectivity index (χ1n) is 6.01. The second-order valence-electron chi connectivity index (χ2n) is 4.15. The number of nitrogens with one attached hydrogen (secondary N) is 1. The predicted molar refractivity (Wildman–Crippen MR) is 72.7 cm³/mol. The van der Waals surface area contributed by atoms with E-state index in [1.165, 1.54) is 19.1 Å². The lowest BCUT2D eigenvalue weighted by atomic mass is 10.1. The number of hydrogen-bond acceptors (Lipinski definition) is 4. The van der Waals surface area contributed by atoms with Gasteiger partial charge in [-0.3, -0.25) is 4.79 Å². The van der Waals surface area contributed by atoms with Crippen molar-refractivity contribution in [2.24, 2.45) is 0 Å². The number of aliphatic carboxylic acids is 1. The van der Waals surface area contributed by atoms with Gasteiger partial charge in [0.15, 0.2) is 6.04 Å². The van der Waals surface area contributed by atoms with E-state index in [9.17, 15) is 14.7 Å². The molecule has 0 heterocycles. The van der Waals surface area contributed by atoms with Crippen LogP contribution in [-0.4, -0.2) is 40.8 Å². The van der Waals surface area contributed by atoms with Crippen LogP contribution in [0.15, 0.2) is 36.9 Å². The van der Waals surface area contributed by atoms with Crippen LogP contribution in [0.3, 0.4) is 0 Å². The van der Waals surface area contributed by atoms with Crippen molar-refractivity contribution in [1.29, 1.82) is 0 Å². The summed E-state index contributed by atoms with van der Waals surface area (Å²) in [6.45, 7) is 5.17. The Labute approximate surface area is 116 Å². The van der Waals surface area contributed by atoms with E-state index >= 15 is 0 Å². The molecule has 0 radical (unpaired) electrons. The van der Waals surface area contributed by atoms with E-state index in [1.54, 1.807) is 18.2 Å². The first kappa shape index (κ1) is 15.7. The molecular weight excluding hydrogens is 262 g/mol. The van der Waals surface area contributed by atoms with Crippen molar-refractivity contribution >= 4 is 11.9 Å². The van der Waals surface area contributed by atoms with E-state index in [1.807, 2.05) is 0 Å². The molecule has 3 N–H and O–H groups in total. The van der Waals surface area contributed by atoms with Gasteiger partial charge in [-0.2, -0.15) is 0 Å². The molecular formula is C14H17NO5. The van der Waals surface area contributed by atoms with Crippen LogP contribution in [0.5, 0.6) is 5.75 Å². The number of carbonyl (C=O) groups excluding carboxylic acids is 1. The van der Waals surface area contributed by atoms with Gasteiger partial charge in [0.2, 0.25) is 0 Å². The van der Waals surface area contributed by atoms with E-state index in [-0.39, 0.29) is 5.56 Å². The van der Waals surface area contributed by atoms with Crippen LogP contribution in [-0.2, 0) is 4.79 Å². The van der Waals surface area contributed by atoms with Crippen molar-refractivity contribution in [3.63, 3.8) is 0 Å². The summed E-state index contributed by atoms with van der Waals surface area (Å²) >= 11 is 0. The highest BCUT2D eigenvalue weighted by Crippen LogP contribution is 2.12. The van der Waals surface area contributed by atoms with E-state index in [0.29, 0.717) is 12.4 Å². The average molecular weight is 279 g/mol. The van der Waals surface area contributed by atoms with Gasteiger partial charge in [0.1, 0.15) is 12.4 Å². The molecule has 108 valence electrons. The number of rotatable bonds is 7. The van der Waals surface area contributed by atoms with Crippen molar-refractivity contribution in [3.8, 4) is 5.75 Å². The minimum Gasteiger partial charge on any atom is -0.490 e. The maximum atomic E-state index is 11.8. The molecule has 0 unspecified atom stereocenters. The van der Waals surface area contributed by atoms with Gasteiger partial charge in [-0.1, -0.05) is 12.7 Å². The molecule has 6 heteroatoms. The third-order valence-electron chi connectivity index (χ3n) is 2.52. The van der Waals surface area contributed by atoms with Gasteiger partial charge in [0, 0.05) is 5.56 Å². The molecule has 2 atom stereocenters. The quantitative estimate of drug-likeness (QED) is 0.642. The molecule has 0 saturated heterocycles. The van der Waals surface area contributed by atoms with Crippen LogP contribution < -0.4 is 10.1 Å². The van der Waals surface area contributed by atoms with Crippen molar-refractivity contribution < 1.29 is 24.5 Å². The molecule has 1 amide bonds. The number of benzene rings is 1. The van der Waals surface area contributed by atoms with Gasteiger partial charge >= 0.3 is 5.97 Å². The Bertz CT molecular complexity index is 481. The molecule has 0 saturated carbocycles. The fourth-order valence-electron chi connectivity index (χ4n) is 1.47. The summed E-state index contributed by atoms with van der Waals surface area (Å²) in [5.41, 5.74) is 0.280. The van der Waals surface area contributed by atoms with E-state index in [4.69, 9.17) is 9.84 Å². The highest BCUT2D eigenvalue weighted by atomic mass is 16.5. The lowest BCUT2D eigenvalue weighted by molar-refractivity contribution is -0.141. The van der Waals surface area contributed by atoms with Gasteiger partial charge < -0.3 is 20.3 Å². The summed E-state index contributed by atoms with van der Waals surface area (Å²) < 4.78 is 5.26. The summed E-state index contributed by atoms with van der Waals surface area (Å²) in [5.74, 6) is -1.29. The standard InChI is InChI=1S/C14H17NO5/c1-3-8-20-11-6-4-10(5-7-11)13(17)15-12(9(2)16)14(18)19/h3-7,9,12,16H,1,8H2,2H3,(H,15,17)(H,18,19)/t9-,12+/m1/s1. The Morgan fingerprint density at radius 3 is 2.45 bits per heavy atom. The topological polar surface area (TPSA) is 95.9 Å². The third kappa shape index (κ3) is 4.40. The molecule has 0 fully saturated rings. The fourth-order valence-corrected chi connectivity index (χ4v) is 1.47. The zero-order valence-electron chi connectivity index (χ0n) is 11.1. The molecule has 0 bridgehead atoms. The van der Waals surface area contributed by atoms with Crippen LogP contribution in [0, 0.1) is 0 Å². The maximum absolute atomic E-state index is 11.8. The molecule has 6 nitrogen and oxygen atoms in total. The Kier molecular flexibility index (Phi) is 5.74. The monoisotopic (exact) mass is 279 g/mol. The van der Waals surface area contributed by atoms with Gasteiger partial charge in [-0.05, 0) is 31.2 Å². The minimum atomic E-state index is -1.35. The Morgan fingerprint density at radius 2 is 2.00 bits per heavy atom. The molecule has 0 aromatic heterocycles. The smallest absolute Gasteiger partial charge is 0.328 e. The molecule has 1 rings (SSSR count). The van der Waals surface area contributed by atoms with E-state index in [0.717, 1.165) is 0 Å². The summed E-state index contributed by atoms with van der Waals surface area (Å²) in [7, 11) is 0. The van der Waals surface area contributed by atoms with Gasteiger partial charge in [-0.25, -0.2) is 4.79 Å². The zero-order chi connectivity index (χ0) is 15.1. The van der Waals surface area contributed by atoms with Crippen LogP contribution in [0.2, 0.25) is 0 Å². The number of carboxylic acids is 1. The molecule has 0 aliphatic rings. The molecule has 0 spiro atoms. The Balaban J connectivity index is 2.72. The van der Waals surface area contributed by atoms with Crippen molar-refractivity contribution in [3.05, 3.63) is 42.5 Å².